The molecule has 0 aromatic heterocycles. The first kappa shape index (κ1) is 13.2. The molecule has 0 N–H and O–H groups in total. The van der Waals surface area contributed by atoms with Crippen molar-refractivity contribution < 1.29 is 4.79 Å². The average molecular weight is 282 g/mol. The summed E-state index contributed by atoms with van der Waals surface area (Å²) in [4.78, 5) is 12.7. The summed E-state index contributed by atoms with van der Waals surface area (Å²) in [5, 5.41) is 19.0. The van der Waals surface area contributed by atoms with E-state index in [0.29, 0.717) is 5.56 Å². The average Bonchev–Trinajstić information content (AvgIpc) is 3.08. The first-order valence-corrected chi connectivity index (χ1v) is 7.87. The zero-order valence-corrected chi connectivity index (χ0v) is 11.8. The lowest BCUT2D eigenvalue weighted by Gasteiger charge is -2.22. The molecule has 1 aliphatic heterocycles. The number of hydrogen-bond donors (Lipinski definition) is 0. The molecule has 3 rings (SSSR count). The van der Waals surface area contributed by atoms with Crippen molar-refractivity contribution in [3.05, 3.63) is 35.9 Å². The van der Waals surface area contributed by atoms with Crippen LogP contribution in [0.15, 0.2) is 30.3 Å². The molecular weight excluding hydrogens is 268 g/mol. The van der Waals surface area contributed by atoms with E-state index in [0.717, 1.165) is 24.3 Å². The Morgan fingerprint density at radius 1 is 1.15 bits per heavy atom. The van der Waals surface area contributed by atoms with Gasteiger partial charge in [0.05, 0.1) is 18.1 Å². The summed E-state index contributed by atoms with van der Waals surface area (Å²) >= 11 is 1.84. The van der Waals surface area contributed by atoms with Crippen molar-refractivity contribution in [2.24, 2.45) is 16.7 Å². The maximum Gasteiger partial charge on any atom is 0.169 e. The minimum absolute atomic E-state index is 0.0411. The van der Waals surface area contributed by atoms with Gasteiger partial charge in [-0.3, -0.25) is 4.79 Å². The Morgan fingerprint density at radius 2 is 1.75 bits per heavy atom. The minimum Gasteiger partial charge on any atom is -0.294 e. The number of Topliss-reactive ketones (excluding diaryl/α,β-unsaturated/α-hetero) is 1. The van der Waals surface area contributed by atoms with E-state index in [9.17, 15) is 15.3 Å². The summed E-state index contributed by atoms with van der Waals surface area (Å²) in [6.45, 7) is 0. The van der Waals surface area contributed by atoms with Crippen LogP contribution < -0.4 is 0 Å². The fourth-order valence-corrected chi connectivity index (χ4v) is 4.83. The van der Waals surface area contributed by atoms with E-state index in [4.69, 9.17) is 0 Å². The molecule has 20 heavy (non-hydrogen) atoms. The van der Waals surface area contributed by atoms with Gasteiger partial charge in [-0.2, -0.15) is 22.3 Å². The number of ketones is 1. The van der Waals surface area contributed by atoms with Gasteiger partial charge < -0.3 is 0 Å². The SMILES string of the molecule is N#CC1(C#N)C(C(=O)c2ccccc2)C12CCSCC2. The number of nitriles is 2. The van der Waals surface area contributed by atoms with Crippen molar-refractivity contribution >= 4 is 17.5 Å². The smallest absolute Gasteiger partial charge is 0.169 e. The van der Waals surface area contributed by atoms with Crippen LogP contribution in [-0.4, -0.2) is 17.3 Å². The second-order valence-corrected chi connectivity index (χ2v) is 6.69. The Morgan fingerprint density at radius 3 is 2.30 bits per heavy atom. The summed E-state index contributed by atoms with van der Waals surface area (Å²) in [5.41, 5.74) is -0.905. The van der Waals surface area contributed by atoms with E-state index >= 15 is 0 Å². The molecule has 1 aromatic rings. The number of rotatable bonds is 2. The van der Waals surface area contributed by atoms with E-state index < -0.39 is 16.7 Å². The molecule has 1 aromatic carbocycles. The highest BCUT2D eigenvalue weighted by atomic mass is 32.2. The summed E-state index contributed by atoms with van der Waals surface area (Å²) in [6, 6.07) is 13.4. The van der Waals surface area contributed by atoms with Crippen LogP contribution in [0.2, 0.25) is 0 Å². The molecule has 1 spiro atoms. The Kier molecular flexibility index (Phi) is 3.07. The number of nitrogens with zero attached hydrogens (tertiary/aromatic N) is 2. The van der Waals surface area contributed by atoms with Crippen LogP contribution in [0.1, 0.15) is 23.2 Å². The highest BCUT2D eigenvalue weighted by Crippen LogP contribution is 2.74. The lowest BCUT2D eigenvalue weighted by atomic mass is 9.89. The van der Waals surface area contributed by atoms with Gasteiger partial charge >= 0.3 is 0 Å². The van der Waals surface area contributed by atoms with Crippen LogP contribution in [0.3, 0.4) is 0 Å². The molecular formula is C16H14N2OS. The first-order chi connectivity index (χ1) is 9.72. The van der Waals surface area contributed by atoms with Gasteiger partial charge in [0, 0.05) is 11.0 Å². The lowest BCUT2D eigenvalue weighted by molar-refractivity contribution is 0.0943. The van der Waals surface area contributed by atoms with Gasteiger partial charge in [-0.15, -0.1) is 0 Å². The van der Waals surface area contributed by atoms with Crippen LogP contribution in [-0.2, 0) is 0 Å². The molecule has 1 atom stereocenters. The minimum atomic E-state index is -1.11. The molecule has 1 aliphatic carbocycles. The molecule has 1 unspecified atom stereocenters. The Bertz CT molecular complexity index is 606. The number of thioether (sulfide) groups is 1. The quantitative estimate of drug-likeness (QED) is 0.782. The Balaban J connectivity index is 1.99. The van der Waals surface area contributed by atoms with Gasteiger partial charge in [-0.25, -0.2) is 0 Å². The topological polar surface area (TPSA) is 64.7 Å². The van der Waals surface area contributed by atoms with Crippen LogP contribution >= 0.6 is 11.8 Å². The van der Waals surface area contributed by atoms with Crippen molar-refractivity contribution in [1.29, 1.82) is 10.5 Å². The third-order valence-electron chi connectivity index (χ3n) is 4.75. The largest absolute Gasteiger partial charge is 0.294 e. The van der Waals surface area contributed by atoms with E-state index in [1.54, 1.807) is 12.1 Å². The van der Waals surface area contributed by atoms with Crippen molar-refractivity contribution in [3.8, 4) is 12.1 Å². The van der Waals surface area contributed by atoms with Gasteiger partial charge in [0.1, 0.15) is 0 Å². The van der Waals surface area contributed by atoms with E-state index in [1.165, 1.54) is 0 Å². The lowest BCUT2D eigenvalue weighted by Crippen LogP contribution is -2.19. The van der Waals surface area contributed by atoms with Gasteiger partial charge in [0.15, 0.2) is 11.2 Å². The molecule has 4 heteroatoms. The van der Waals surface area contributed by atoms with Crippen molar-refractivity contribution in [3.63, 3.8) is 0 Å². The zero-order valence-electron chi connectivity index (χ0n) is 11.0. The molecule has 1 heterocycles. The Labute approximate surface area is 122 Å². The monoisotopic (exact) mass is 282 g/mol. The summed E-state index contributed by atoms with van der Waals surface area (Å²) in [7, 11) is 0. The van der Waals surface area contributed by atoms with Crippen molar-refractivity contribution in [2.75, 3.05) is 11.5 Å². The molecule has 1 saturated heterocycles. The van der Waals surface area contributed by atoms with Crippen LogP contribution in [0.4, 0.5) is 0 Å². The summed E-state index contributed by atoms with van der Waals surface area (Å²) in [6.07, 6.45) is 1.59. The van der Waals surface area contributed by atoms with Crippen LogP contribution in [0.25, 0.3) is 0 Å². The van der Waals surface area contributed by atoms with Gasteiger partial charge in [0.2, 0.25) is 0 Å². The molecule has 1 saturated carbocycles. The molecule has 0 amide bonds. The fourth-order valence-electron chi connectivity index (χ4n) is 3.61. The number of carbonyl (C=O) groups is 1. The third-order valence-corrected chi connectivity index (χ3v) is 5.73. The standard InChI is InChI=1S/C16H14N2OS/c17-10-16(11-18)14(15(16)6-8-20-9-7-15)13(19)12-4-2-1-3-5-12/h1-5,14H,6-9H2. The van der Waals surface area contributed by atoms with E-state index in [-0.39, 0.29) is 5.78 Å². The highest BCUT2D eigenvalue weighted by molar-refractivity contribution is 7.99. The number of benzene rings is 1. The maximum atomic E-state index is 12.7. The predicted molar refractivity (Wildman–Crippen MR) is 76.9 cm³/mol. The first-order valence-electron chi connectivity index (χ1n) is 6.71. The molecule has 2 fully saturated rings. The molecule has 0 bridgehead atoms. The second kappa shape index (κ2) is 4.65. The molecule has 3 nitrogen and oxygen atoms in total. The highest BCUT2D eigenvalue weighted by Gasteiger charge is 2.80. The maximum absolute atomic E-state index is 12.7. The van der Waals surface area contributed by atoms with Gasteiger partial charge in [-0.05, 0) is 24.3 Å². The van der Waals surface area contributed by atoms with Crippen LogP contribution in [0.5, 0.6) is 0 Å². The van der Waals surface area contributed by atoms with Crippen molar-refractivity contribution in [2.45, 2.75) is 12.8 Å². The summed E-state index contributed by atoms with van der Waals surface area (Å²) < 4.78 is 0. The van der Waals surface area contributed by atoms with Gasteiger partial charge in [-0.1, -0.05) is 30.3 Å². The molecule has 0 radical (unpaired) electrons. The van der Waals surface area contributed by atoms with E-state index in [1.807, 2.05) is 30.0 Å². The zero-order chi connectivity index (χ0) is 14.2. The second-order valence-electron chi connectivity index (χ2n) is 5.46. The molecule has 100 valence electrons. The number of carbonyl (C=O) groups excluding carboxylic acids is 1. The molecule has 2 aliphatic rings. The van der Waals surface area contributed by atoms with Crippen LogP contribution in [0, 0.1) is 39.4 Å². The fraction of sp³-hybridized carbons (Fsp3) is 0.438. The predicted octanol–water partition coefficient (Wildman–Crippen LogP) is 3.05. The van der Waals surface area contributed by atoms with Crippen molar-refractivity contribution in [1.82, 2.24) is 0 Å². The number of hydrogen-bond acceptors (Lipinski definition) is 4. The normalized spacial score (nSPS) is 25.4. The van der Waals surface area contributed by atoms with Gasteiger partial charge in [0.25, 0.3) is 0 Å². The Hall–Kier alpha value is -1.78. The third kappa shape index (κ3) is 1.55. The summed E-state index contributed by atoms with van der Waals surface area (Å²) in [5.74, 6) is 1.38. The van der Waals surface area contributed by atoms with E-state index in [2.05, 4.69) is 12.1 Å².